The third-order valence-electron chi connectivity index (χ3n) is 2.75. The largest absolute Gasteiger partial charge is 0.481 e. The van der Waals surface area contributed by atoms with Crippen molar-refractivity contribution in [2.75, 3.05) is 6.54 Å². The van der Waals surface area contributed by atoms with Gasteiger partial charge in [0.05, 0.1) is 12.5 Å². The molecule has 3 N–H and O–H groups in total. The third-order valence-corrected chi connectivity index (χ3v) is 2.75. The van der Waals surface area contributed by atoms with Gasteiger partial charge in [-0.3, -0.25) is 9.59 Å². The second kappa shape index (κ2) is 5.84. The zero-order valence-corrected chi connectivity index (χ0v) is 9.69. The summed E-state index contributed by atoms with van der Waals surface area (Å²) in [5, 5.41) is 8.62. The molecule has 16 heavy (non-hydrogen) atoms. The monoisotopic (exact) mass is 228 g/mol. The molecule has 1 atom stereocenters. The fraction of sp³-hybridized carbons (Fsp3) is 0.818. The van der Waals surface area contributed by atoms with Crippen molar-refractivity contribution in [1.82, 2.24) is 4.90 Å². The number of carboxylic acids is 1. The lowest BCUT2D eigenvalue weighted by Crippen LogP contribution is -2.45. The molecule has 5 heteroatoms. The molecule has 0 aromatic rings. The number of nitrogens with zero attached hydrogens (tertiary/aromatic N) is 1. The fourth-order valence-corrected chi connectivity index (χ4v) is 1.72. The molecule has 0 aromatic carbocycles. The Morgan fingerprint density at radius 3 is 2.56 bits per heavy atom. The van der Waals surface area contributed by atoms with Crippen LogP contribution in [0.2, 0.25) is 0 Å². The maximum atomic E-state index is 11.9. The Kier molecular flexibility index (Phi) is 4.73. The van der Waals surface area contributed by atoms with Gasteiger partial charge in [-0.1, -0.05) is 13.3 Å². The summed E-state index contributed by atoms with van der Waals surface area (Å²) in [6.45, 7) is 2.27. The number of hydrogen-bond donors (Lipinski definition) is 2. The summed E-state index contributed by atoms with van der Waals surface area (Å²) in [5.41, 5.74) is 5.76. The normalized spacial score (nSPS) is 16.9. The molecule has 1 rings (SSSR count). The van der Waals surface area contributed by atoms with E-state index in [9.17, 15) is 9.59 Å². The van der Waals surface area contributed by atoms with Crippen molar-refractivity contribution < 1.29 is 14.7 Å². The quantitative estimate of drug-likeness (QED) is 0.667. The van der Waals surface area contributed by atoms with Crippen molar-refractivity contribution in [1.29, 1.82) is 0 Å². The van der Waals surface area contributed by atoms with Crippen LogP contribution in [-0.2, 0) is 9.59 Å². The molecule has 1 amide bonds. The van der Waals surface area contributed by atoms with E-state index in [-0.39, 0.29) is 24.9 Å². The molecule has 0 aromatic heterocycles. The molecule has 1 unspecified atom stereocenters. The Labute approximate surface area is 95.6 Å². The summed E-state index contributed by atoms with van der Waals surface area (Å²) >= 11 is 0. The first-order valence-electron chi connectivity index (χ1n) is 5.84. The van der Waals surface area contributed by atoms with E-state index in [0.717, 1.165) is 19.3 Å². The number of hydrogen-bond acceptors (Lipinski definition) is 3. The molecule has 1 aliphatic carbocycles. The van der Waals surface area contributed by atoms with Crippen molar-refractivity contribution in [2.24, 2.45) is 5.73 Å². The zero-order valence-electron chi connectivity index (χ0n) is 9.69. The van der Waals surface area contributed by atoms with Gasteiger partial charge in [0.25, 0.3) is 0 Å². The standard InChI is InChI=1S/C11H20N2O3/c1-2-3-9(12)11(16)13(8-4-5-8)7-6-10(14)15/h8-9H,2-7,12H2,1H3,(H,14,15). The lowest BCUT2D eigenvalue weighted by molar-refractivity contribution is -0.139. The number of carboxylic acid groups (broad SMARTS) is 1. The predicted octanol–water partition coefficient (Wildman–Crippen LogP) is 0.580. The van der Waals surface area contributed by atoms with E-state index >= 15 is 0 Å². The van der Waals surface area contributed by atoms with Crippen LogP contribution in [0.15, 0.2) is 0 Å². The van der Waals surface area contributed by atoms with Gasteiger partial charge in [0, 0.05) is 12.6 Å². The van der Waals surface area contributed by atoms with Crippen LogP contribution < -0.4 is 5.73 Å². The highest BCUT2D eigenvalue weighted by atomic mass is 16.4. The zero-order chi connectivity index (χ0) is 12.1. The SMILES string of the molecule is CCCC(N)C(=O)N(CCC(=O)O)C1CC1. The number of nitrogens with two attached hydrogens (primary N) is 1. The second-order valence-corrected chi connectivity index (χ2v) is 4.30. The second-order valence-electron chi connectivity index (χ2n) is 4.30. The van der Waals surface area contributed by atoms with E-state index in [1.54, 1.807) is 4.90 Å². The molecular weight excluding hydrogens is 208 g/mol. The molecule has 1 saturated carbocycles. The van der Waals surface area contributed by atoms with E-state index in [1.165, 1.54) is 0 Å². The Hall–Kier alpha value is -1.10. The molecule has 0 spiro atoms. The van der Waals surface area contributed by atoms with Crippen LogP contribution >= 0.6 is 0 Å². The van der Waals surface area contributed by atoms with E-state index < -0.39 is 12.0 Å². The molecule has 0 radical (unpaired) electrons. The lowest BCUT2D eigenvalue weighted by atomic mass is 10.1. The van der Waals surface area contributed by atoms with Crippen molar-refractivity contribution in [3.8, 4) is 0 Å². The third kappa shape index (κ3) is 3.81. The average molecular weight is 228 g/mol. The van der Waals surface area contributed by atoms with E-state index in [0.29, 0.717) is 6.42 Å². The van der Waals surface area contributed by atoms with E-state index in [2.05, 4.69) is 0 Å². The van der Waals surface area contributed by atoms with Gasteiger partial charge in [0.1, 0.15) is 0 Å². The van der Waals surface area contributed by atoms with Crippen molar-refractivity contribution in [3.63, 3.8) is 0 Å². The lowest BCUT2D eigenvalue weighted by Gasteiger charge is -2.24. The Morgan fingerprint density at radius 1 is 1.50 bits per heavy atom. The summed E-state index contributed by atoms with van der Waals surface area (Å²) in [5.74, 6) is -0.965. The number of carbonyl (C=O) groups is 2. The van der Waals surface area contributed by atoms with Gasteiger partial charge in [-0.15, -0.1) is 0 Å². The maximum Gasteiger partial charge on any atom is 0.305 e. The summed E-state index contributed by atoms with van der Waals surface area (Å²) in [4.78, 5) is 24.1. The predicted molar refractivity (Wildman–Crippen MR) is 59.9 cm³/mol. The van der Waals surface area contributed by atoms with E-state index in [1.807, 2.05) is 6.92 Å². The van der Waals surface area contributed by atoms with Crippen LogP contribution in [0.5, 0.6) is 0 Å². The minimum Gasteiger partial charge on any atom is -0.481 e. The van der Waals surface area contributed by atoms with E-state index in [4.69, 9.17) is 10.8 Å². The number of aliphatic carboxylic acids is 1. The summed E-state index contributed by atoms with van der Waals surface area (Å²) in [6.07, 6.45) is 3.48. The summed E-state index contributed by atoms with van der Waals surface area (Å²) in [6, 6.07) is -0.242. The van der Waals surface area contributed by atoms with Crippen LogP contribution in [-0.4, -0.2) is 40.5 Å². The van der Waals surface area contributed by atoms with Crippen molar-refractivity contribution in [2.45, 2.75) is 51.1 Å². The Morgan fingerprint density at radius 2 is 2.12 bits per heavy atom. The van der Waals surface area contributed by atoms with Gasteiger partial charge >= 0.3 is 5.97 Å². The summed E-state index contributed by atoms with van der Waals surface area (Å²) in [7, 11) is 0. The minimum absolute atomic E-state index is 0.00108. The number of amides is 1. The van der Waals surface area contributed by atoms with Crippen LogP contribution in [0, 0.1) is 0 Å². The molecule has 0 heterocycles. The maximum absolute atomic E-state index is 11.9. The Bertz CT molecular complexity index is 264. The van der Waals surface area contributed by atoms with Crippen LogP contribution in [0.3, 0.4) is 0 Å². The first kappa shape index (κ1) is 13.0. The van der Waals surface area contributed by atoms with Gasteiger partial charge in [-0.25, -0.2) is 0 Å². The molecular formula is C11H20N2O3. The van der Waals surface area contributed by atoms with Gasteiger partial charge in [-0.05, 0) is 19.3 Å². The highest BCUT2D eigenvalue weighted by molar-refractivity contribution is 5.82. The smallest absolute Gasteiger partial charge is 0.305 e. The molecule has 92 valence electrons. The molecule has 1 fully saturated rings. The molecule has 1 aliphatic rings. The summed E-state index contributed by atoms with van der Waals surface area (Å²) < 4.78 is 0. The number of rotatable bonds is 7. The van der Waals surface area contributed by atoms with Crippen LogP contribution in [0.1, 0.15) is 39.0 Å². The van der Waals surface area contributed by atoms with Gasteiger partial charge in [0.15, 0.2) is 0 Å². The average Bonchev–Trinajstić information content (AvgIpc) is 3.01. The first-order valence-corrected chi connectivity index (χ1v) is 5.84. The minimum atomic E-state index is -0.873. The van der Waals surface area contributed by atoms with Crippen LogP contribution in [0.4, 0.5) is 0 Å². The molecule has 0 saturated heterocycles. The van der Waals surface area contributed by atoms with Gasteiger partial charge in [-0.2, -0.15) is 0 Å². The highest BCUT2D eigenvalue weighted by Gasteiger charge is 2.34. The van der Waals surface area contributed by atoms with Crippen molar-refractivity contribution >= 4 is 11.9 Å². The highest BCUT2D eigenvalue weighted by Crippen LogP contribution is 2.27. The molecule has 5 nitrogen and oxygen atoms in total. The van der Waals surface area contributed by atoms with Crippen molar-refractivity contribution in [3.05, 3.63) is 0 Å². The van der Waals surface area contributed by atoms with Gasteiger partial charge < -0.3 is 15.7 Å². The topological polar surface area (TPSA) is 83.6 Å². The van der Waals surface area contributed by atoms with Crippen LogP contribution in [0.25, 0.3) is 0 Å². The van der Waals surface area contributed by atoms with Gasteiger partial charge in [0.2, 0.25) is 5.91 Å². The fourth-order valence-electron chi connectivity index (χ4n) is 1.72. The number of carbonyl (C=O) groups excluding carboxylic acids is 1. The first-order chi connectivity index (χ1) is 7.56. The Balaban J connectivity index is 2.48. The molecule has 0 bridgehead atoms. The molecule has 0 aliphatic heterocycles.